The lowest BCUT2D eigenvalue weighted by molar-refractivity contribution is -0.146. The van der Waals surface area contributed by atoms with Crippen molar-refractivity contribution in [3.8, 4) is 0 Å². The number of benzene rings is 1. The SMILES string of the molecule is COC(=O)C(C)(CC/C(F)=C/CNC(=O)OC(C)(C)C)N=Cc1ccc(C)cc1Cl. The van der Waals surface area contributed by atoms with Crippen molar-refractivity contribution in [3.05, 3.63) is 46.3 Å². The van der Waals surface area contributed by atoms with Gasteiger partial charge in [-0.15, -0.1) is 0 Å². The molecule has 1 rings (SSSR count). The molecule has 0 saturated heterocycles. The number of nitrogens with zero attached hydrogens (tertiary/aromatic N) is 1. The Kier molecular flexibility index (Phi) is 9.49. The number of carbonyl (C=O) groups excluding carboxylic acids is 2. The summed E-state index contributed by atoms with van der Waals surface area (Å²) in [6, 6.07) is 5.46. The van der Waals surface area contributed by atoms with Crippen molar-refractivity contribution in [2.45, 2.75) is 58.6 Å². The number of allylic oxidation sites excluding steroid dienone is 1. The highest BCUT2D eigenvalue weighted by molar-refractivity contribution is 6.33. The first-order chi connectivity index (χ1) is 13.9. The van der Waals surface area contributed by atoms with Gasteiger partial charge in [0, 0.05) is 29.8 Å². The molecule has 1 aromatic carbocycles. The molecule has 0 fully saturated rings. The number of rotatable bonds is 8. The van der Waals surface area contributed by atoms with Crippen LogP contribution < -0.4 is 5.32 Å². The summed E-state index contributed by atoms with van der Waals surface area (Å²) in [6.45, 7) is 8.67. The van der Waals surface area contributed by atoms with E-state index in [1.54, 1.807) is 39.8 Å². The third-order valence-corrected chi connectivity index (χ3v) is 4.42. The van der Waals surface area contributed by atoms with Crippen molar-refractivity contribution in [1.82, 2.24) is 5.32 Å². The molecule has 1 aromatic rings. The molecule has 30 heavy (non-hydrogen) atoms. The molecule has 0 bridgehead atoms. The van der Waals surface area contributed by atoms with Gasteiger partial charge in [0.15, 0.2) is 5.54 Å². The molecule has 0 aliphatic rings. The van der Waals surface area contributed by atoms with Crippen LogP contribution >= 0.6 is 11.6 Å². The number of carbonyl (C=O) groups is 2. The van der Waals surface area contributed by atoms with Gasteiger partial charge in [-0.3, -0.25) is 4.99 Å². The molecule has 6 nitrogen and oxygen atoms in total. The molecule has 0 radical (unpaired) electrons. The summed E-state index contributed by atoms with van der Waals surface area (Å²) in [5, 5.41) is 2.95. The van der Waals surface area contributed by atoms with Gasteiger partial charge < -0.3 is 14.8 Å². The summed E-state index contributed by atoms with van der Waals surface area (Å²) >= 11 is 6.20. The molecular formula is C22H30ClFN2O4. The number of alkyl carbamates (subject to hydrolysis) is 1. The fourth-order valence-corrected chi connectivity index (χ4v) is 2.70. The van der Waals surface area contributed by atoms with Gasteiger partial charge in [-0.1, -0.05) is 23.7 Å². The van der Waals surface area contributed by atoms with Crippen molar-refractivity contribution in [2.75, 3.05) is 13.7 Å². The maximum Gasteiger partial charge on any atom is 0.407 e. The van der Waals surface area contributed by atoms with Crippen LogP contribution in [0.4, 0.5) is 9.18 Å². The highest BCUT2D eigenvalue weighted by atomic mass is 35.5. The summed E-state index contributed by atoms with van der Waals surface area (Å²) in [5.41, 5.74) is -0.269. The average Bonchev–Trinajstić information content (AvgIpc) is 2.63. The zero-order valence-corrected chi connectivity index (χ0v) is 19.1. The van der Waals surface area contributed by atoms with E-state index in [1.165, 1.54) is 19.4 Å². The lowest BCUT2D eigenvalue weighted by Gasteiger charge is -2.22. The van der Waals surface area contributed by atoms with E-state index in [4.69, 9.17) is 21.1 Å². The Balaban J connectivity index is 2.76. The largest absolute Gasteiger partial charge is 0.467 e. The Labute approximate surface area is 182 Å². The van der Waals surface area contributed by atoms with Crippen molar-refractivity contribution in [1.29, 1.82) is 0 Å². The normalized spacial score (nSPS) is 14.3. The van der Waals surface area contributed by atoms with Crippen LogP contribution in [0.25, 0.3) is 0 Å². The number of halogens is 2. The van der Waals surface area contributed by atoms with Crippen LogP contribution in [0.2, 0.25) is 5.02 Å². The van der Waals surface area contributed by atoms with Crippen LogP contribution in [0.15, 0.2) is 35.1 Å². The number of aliphatic imine (C=N–C) groups is 1. The van der Waals surface area contributed by atoms with E-state index in [0.29, 0.717) is 10.6 Å². The monoisotopic (exact) mass is 440 g/mol. The lowest BCUT2D eigenvalue weighted by atomic mass is 9.96. The van der Waals surface area contributed by atoms with E-state index in [-0.39, 0.29) is 19.4 Å². The van der Waals surface area contributed by atoms with Gasteiger partial charge in [0.05, 0.1) is 12.9 Å². The summed E-state index contributed by atoms with van der Waals surface area (Å²) < 4.78 is 24.1. The second kappa shape index (κ2) is 11.1. The Morgan fingerprint density at radius 2 is 1.93 bits per heavy atom. The molecule has 0 aliphatic carbocycles. The van der Waals surface area contributed by atoms with Crippen LogP contribution in [0.1, 0.15) is 51.7 Å². The standard InChI is InChI=1S/C22H30ClFN2O4/c1-15-7-8-16(18(23)13-15)14-26-22(5,19(27)29-6)11-9-17(24)10-12-25-20(28)30-21(2,3)4/h7-8,10,13-14H,9,11-12H2,1-6H3,(H,25,28)/b17-10-,26-14?. The van der Waals surface area contributed by atoms with Crippen LogP contribution in [-0.4, -0.2) is 43.1 Å². The summed E-state index contributed by atoms with van der Waals surface area (Å²) in [5.74, 6) is -1.06. The van der Waals surface area contributed by atoms with E-state index >= 15 is 0 Å². The van der Waals surface area contributed by atoms with Gasteiger partial charge in [-0.25, -0.2) is 14.0 Å². The Morgan fingerprint density at radius 3 is 2.50 bits per heavy atom. The number of aryl methyl sites for hydroxylation is 1. The Hall–Kier alpha value is -2.41. The fraction of sp³-hybridized carbons (Fsp3) is 0.500. The van der Waals surface area contributed by atoms with E-state index in [0.717, 1.165) is 5.56 Å². The number of methoxy groups -OCH3 is 1. The second-order valence-corrected chi connectivity index (χ2v) is 8.49. The zero-order valence-electron chi connectivity index (χ0n) is 18.3. The third-order valence-electron chi connectivity index (χ3n) is 4.09. The van der Waals surface area contributed by atoms with Gasteiger partial charge in [0.1, 0.15) is 5.60 Å². The summed E-state index contributed by atoms with van der Waals surface area (Å²) in [4.78, 5) is 28.2. The molecule has 0 saturated carbocycles. The molecule has 1 N–H and O–H groups in total. The van der Waals surface area contributed by atoms with E-state index in [2.05, 4.69) is 10.3 Å². The predicted octanol–water partition coefficient (Wildman–Crippen LogP) is 5.16. The quantitative estimate of drug-likeness (QED) is 0.447. The number of hydrogen-bond acceptors (Lipinski definition) is 5. The van der Waals surface area contributed by atoms with Crippen LogP contribution in [0.3, 0.4) is 0 Å². The molecule has 166 valence electrons. The minimum absolute atomic E-state index is 0.0298. The fourth-order valence-electron chi connectivity index (χ4n) is 2.41. The number of esters is 1. The highest BCUT2D eigenvalue weighted by Gasteiger charge is 2.33. The smallest absolute Gasteiger partial charge is 0.407 e. The van der Waals surface area contributed by atoms with Crippen molar-refractivity contribution >= 4 is 29.9 Å². The maximum absolute atomic E-state index is 14.2. The lowest BCUT2D eigenvalue weighted by Crippen LogP contribution is -2.35. The van der Waals surface area contributed by atoms with Crippen LogP contribution in [0, 0.1) is 6.92 Å². The molecule has 1 atom stereocenters. The topological polar surface area (TPSA) is 77.0 Å². The molecule has 0 spiro atoms. The van der Waals surface area contributed by atoms with Gasteiger partial charge in [0.25, 0.3) is 0 Å². The molecule has 1 amide bonds. The second-order valence-electron chi connectivity index (χ2n) is 8.08. The third kappa shape index (κ3) is 8.95. The highest BCUT2D eigenvalue weighted by Crippen LogP contribution is 2.24. The summed E-state index contributed by atoms with van der Waals surface area (Å²) in [7, 11) is 1.26. The van der Waals surface area contributed by atoms with Crippen molar-refractivity contribution < 1.29 is 23.5 Å². The average molecular weight is 441 g/mol. The predicted molar refractivity (Wildman–Crippen MR) is 117 cm³/mol. The van der Waals surface area contributed by atoms with E-state index < -0.39 is 29.0 Å². The van der Waals surface area contributed by atoms with Crippen molar-refractivity contribution in [3.63, 3.8) is 0 Å². The van der Waals surface area contributed by atoms with Gasteiger partial charge in [0.2, 0.25) is 0 Å². The molecule has 1 unspecified atom stereocenters. The molecule has 0 aliphatic heterocycles. The summed E-state index contributed by atoms with van der Waals surface area (Å²) in [6.07, 6.45) is 2.10. The molecule has 0 heterocycles. The van der Waals surface area contributed by atoms with Gasteiger partial charge in [-0.2, -0.15) is 0 Å². The van der Waals surface area contributed by atoms with Crippen molar-refractivity contribution in [2.24, 2.45) is 4.99 Å². The Morgan fingerprint density at radius 1 is 1.27 bits per heavy atom. The first-order valence-corrected chi connectivity index (χ1v) is 9.95. The zero-order chi connectivity index (χ0) is 22.9. The molecule has 8 heteroatoms. The number of ether oxygens (including phenoxy) is 2. The minimum Gasteiger partial charge on any atom is -0.467 e. The first-order valence-electron chi connectivity index (χ1n) is 9.57. The Bertz CT molecular complexity index is 818. The van der Waals surface area contributed by atoms with E-state index in [1.807, 2.05) is 13.0 Å². The number of nitrogens with one attached hydrogen (secondary N) is 1. The van der Waals surface area contributed by atoms with Gasteiger partial charge in [-0.05, 0) is 58.7 Å². The maximum atomic E-state index is 14.2. The van der Waals surface area contributed by atoms with Crippen LogP contribution in [0.5, 0.6) is 0 Å². The van der Waals surface area contributed by atoms with Gasteiger partial charge >= 0.3 is 12.1 Å². The minimum atomic E-state index is -1.28. The van der Waals surface area contributed by atoms with Crippen LogP contribution in [-0.2, 0) is 14.3 Å². The number of amides is 1. The number of hydrogen-bond donors (Lipinski definition) is 1. The molecule has 0 aromatic heterocycles. The first kappa shape index (κ1) is 25.6. The van der Waals surface area contributed by atoms with E-state index in [9.17, 15) is 14.0 Å². The molecular weight excluding hydrogens is 411 g/mol.